The molecule has 6 heteroatoms. The average Bonchev–Trinajstić information content (AvgIpc) is 3.19. The number of carbonyl (C=O) groups excluding carboxylic acids is 1. The van der Waals surface area contributed by atoms with E-state index in [1.165, 1.54) is 0 Å². The van der Waals surface area contributed by atoms with Crippen molar-refractivity contribution in [2.75, 3.05) is 27.2 Å². The third-order valence-corrected chi connectivity index (χ3v) is 6.73. The van der Waals surface area contributed by atoms with Crippen LogP contribution in [0.5, 0.6) is 0 Å². The minimum Gasteiger partial charge on any atom is -0.378 e. The fourth-order valence-corrected chi connectivity index (χ4v) is 4.41. The van der Waals surface area contributed by atoms with Crippen molar-refractivity contribution < 1.29 is 9.53 Å². The van der Waals surface area contributed by atoms with Crippen LogP contribution in [-0.2, 0) is 16.6 Å². The summed E-state index contributed by atoms with van der Waals surface area (Å²) in [5, 5.41) is 7.64. The van der Waals surface area contributed by atoms with Crippen LogP contribution in [0.4, 0.5) is 0 Å². The minimum absolute atomic E-state index is 0.0237. The first-order valence-corrected chi connectivity index (χ1v) is 8.72. The number of methoxy groups -OCH3 is 1. The highest BCUT2D eigenvalue weighted by molar-refractivity contribution is 5.81. The molecule has 134 valence electrons. The predicted molar refractivity (Wildman–Crippen MR) is 92.7 cm³/mol. The molecule has 2 fully saturated rings. The molecule has 1 aromatic heterocycles. The van der Waals surface area contributed by atoms with Gasteiger partial charge in [-0.2, -0.15) is 5.10 Å². The summed E-state index contributed by atoms with van der Waals surface area (Å²) < 4.78 is 7.51. The van der Waals surface area contributed by atoms with Crippen LogP contribution in [0.25, 0.3) is 0 Å². The van der Waals surface area contributed by atoms with E-state index in [-0.39, 0.29) is 34.8 Å². The Morgan fingerprint density at radius 3 is 2.67 bits per heavy atom. The Kier molecular flexibility index (Phi) is 4.24. The van der Waals surface area contributed by atoms with Gasteiger partial charge in [0.05, 0.1) is 17.7 Å². The molecule has 6 nitrogen and oxygen atoms in total. The zero-order valence-corrected chi connectivity index (χ0v) is 15.7. The molecule has 1 aliphatic carbocycles. The molecular formula is C18H30N4O2. The Morgan fingerprint density at radius 2 is 2.12 bits per heavy atom. The van der Waals surface area contributed by atoms with Crippen molar-refractivity contribution in [3.05, 3.63) is 18.0 Å². The monoisotopic (exact) mass is 334 g/mol. The van der Waals surface area contributed by atoms with E-state index >= 15 is 0 Å². The average molecular weight is 334 g/mol. The molecule has 0 spiro atoms. The fourth-order valence-electron chi connectivity index (χ4n) is 4.41. The summed E-state index contributed by atoms with van der Waals surface area (Å²) >= 11 is 0. The second kappa shape index (κ2) is 5.85. The summed E-state index contributed by atoms with van der Waals surface area (Å²) in [6.07, 6.45) is 4.79. The number of nitrogens with zero attached hydrogens (tertiary/aromatic N) is 3. The number of rotatable bonds is 4. The van der Waals surface area contributed by atoms with Crippen molar-refractivity contribution >= 4 is 5.91 Å². The zero-order chi connectivity index (χ0) is 17.7. The van der Waals surface area contributed by atoms with Crippen LogP contribution in [0.3, 0.4) is 0 Å². The molecule has 1 N–H and O–H groups in total. The number of nitrogens with one attached hydrogen (secondary N) is 1. The summed E-state index contributed by atoms with van der Waals surface area (Å²) in [6, 6.07) is 0.213. The fraction of sp³-hybridized carbons (Fsp3) is 0.778. The van der Waals surface area contributed by atoms with Gasteiger partial charge < -0.3 is 15.0 Å². The van der Waals surface area contributed by atoms with Crippen molar-refractivity contribution in [2.45, 2.75) is 44.8 Å². The number of aromatic nitrogens is 2. The molecule has 1 amide bonds. The Bertz CT molecular complexity index is 626. The van der Waals surface area contributed by atoms with Crippen molar-refractivity contribution in [3.8, 4) is 0 Å². The smallest absolute Gasteiger partial charge is 0.227 e. The van der Waals surface area contributed by atoms with E-state index < -0.39 is 0 Å². The quantitative estimate of drug-likeness (QED) is 0.904. The van der Waals surface area contributed by atoms with Crippen molar-refractivity contribution in [1.82, 2.24) is 20.0 Å². The van der Waals surface area contributed by atoms with Gasteiger partial charge in [0.15, 0.2) is 0 Å². The first-order chi connectivity index (χ1) is 11.2. The van der Waals surface area contributed by atoms with Gasteiger partial charge in [-0.05, 0) is 18.9 Å². The Balaban J connectivity index is 1.74. The van der Waals surface area contributed by atoms with Crippen LogP contribution in [0, 0.1) is 11.3 Å². The topological polar surface area (TPSA) is 59.4 Å². The minimum atomic E-state index is -0.164. The molecule has 24 heavy (non-hydrogen) atoms. The highest BCUT2D eigenvalue weighted by Crippen LogP contribution is 2.53. The van der Waals surface area contributed by atoms with E-state index in [1.807, 2.05) is 31.4 Å². The standard InChI is InChI=1S/C18H30N4O2/c1-17(2)15(7-18(17,3)24-6)22(5)16(23)14-10-19-9-13(14)12-8-20-21(4)11-12/h8,11,13-15,19H,7,9-10H2,1-6H3/t13-,14+,15?,18?/m1/s1. The van der Waals surface area contributed by atoms with Gasteiger partial charge in [-0.25, -0.2) is 0 Å². The number of aryl methyl sites for hydroxylation is 1. The first kappa shape index (κ1) is 17.4. The van der Waals surface area contributed by atoms with Crippen LogP contribution >= 0.6 is 0 Å². The second-order valence-electron chi connectivity index (χ2n) is 8.14. The maximum atomic E-state index is 13.2. The third kappa shape index (κ3) is 2.47. The second-order valence-corrected chi connectivity index (χ2v) is 8.14. The van der Waals surface area contributed by atoms with Gasteiger partial charge in [0, 0.05) is 57.9 Å². The molecule has 1 saturated heterocycles. The SMILES string of the molecule is COC1(C)CC(N(C)C(=O)[C@H]2CNC[C@@H]2c2cnn(C)c2)C1(C)C. The van der Waals surface area contributed by atoms with Gasteiger partial charge in [0.2, 0.25) is 5.91 Å². The molecule has 2 unspecified atom stereocenters. The van der Waals surface area contributed by atoms with Crippen LogP contribution < -0.4 is 5.32 Å². The predicted octanol–water partition coefficient (Wildman–Crippen LogP) is 1.39. The van der Waals surface area contributed by atoms with Crippen LogP contribution in [0.2, 0.25) is 0 Å². The normalized spacial score (nSPS) is 34.8. The lowest BCUT2D eigenvalue weighted by molar-refractivity contribution is -0.208. The highest BCUT2D eigenvalue weighted by Gasteiger charge is 2.60. The molecule has 2 aliphatic rings. The molecule has 1 saturated carbocycles. The van der Waals surface area contributed by atoms with Gasteiger partial charge in [-0.1, -0.05) is 13.8 Å². The zero-order valence-electron chi connectivity index (χ0n) is 15.7. The van der Waals surface area contributed by atoms with Crippen molar-refractivity contribution in [3.63, 3.8) is 0 Å². The van der Waals surface area contributed by atoms with E-state index in [2.05, 4.69) is 31.2 Å². The Labute approximate surface area is 144 Å². The van der Waals surface area contributed by atoms with Gasteiger partial charge in [0.25, 0.3) is 0 Å². The molecule has 1 aliphatic heterocycles. The lowest BCUT2D eigenvalue weighted by atomic mass is 9.55. The van der Waals surface area contributed by atoms with E-state index in [0.717, 1.165) is 25.1 Å². The maximum absolute atomic E-state index is 13.2. The molecule has 0 bridgehead atoms. The Morgan fingerprint density at radius 1 is 1.42 bits per heavy atom. The largest absolute Gasteiger partial charge is 0.378 e. The summed E-state index contributed by atoms with van der Waals surface area (Å²) in [6.45, 7) is 8.09. The lowest BCUT2D eigenvalue weighted by Crippen LogP contribution is -2.69. The number of hydrogen-bond donors (Lipinski definition) is 1. The van der Waals surface area contributed by atoms with Gasteiger partial charge in [0.1, 0.15) is 0 Å². The molecule has 0 aromatic carbocycles. The van der Waals surface area contributed by atoms with Crippen molar-refractivity contribution in [1.29, 1.82) is 0 Å². The van der Waals surface area contributed by atoms with Gasteiger partial charge >= 0.3 is 0 Å². The number of amides is 1. The van der Waals surface area contributed by atoms with Crippen LogP contribution in [0.1, 0.15) is 38.7 Å². The Hall–Kier alpha value is -1.40. The molecule has 0 radical (unpaired) electrons. The van der Waals surface area contributed by atoms with Crippen LogP contribution in [-0.4, -0.2) is 59.5 Å². The number of ether oxygens (including phenoxy) is 1. The van der Waals surface area contributed by atoms with Crippen molar-refractivity contribution in [2.24, 2.45) is 18.4 Å². The number of hydrogen-bond acceptors (Lipinski definition) is 4. The summed E-state index contributed by atoms with van der Waals surface area (Å²) in [4.78, 5) is 15.1. The molecule has 4 atom stereocenters. The maximum Gasteiger partial charge on any atom is 0.227 e. The first-order valence-electron chi connectivity index (χ1n) is 8.72. The third-order valence-electron chi connectivity index (χ3n) is 6.73. The lowest BCUT2D eigenvalue weighted by Gasteiger charge is -2.61. The van der Waals surface area contributed by atoms with Crippen LogP contribution in [0.15, 0.2) is 12.4 Å². The van der Waals surface area contributed by atoms with E-state index in [1.54, 1.807) is 11.8 Å². The molecule has 2 heterocycles. The van der Waals surface area contributed by atoms with Gasteiger partial charge in [-0.3, -0.25) is 9.48 Å². The summed E-state index contributed by atoms with van der Waals surface area (Å²) in [7, 11) is 5.62. The molecular weight excluding hydrogens is 304 g/mol. The summed E-state index contributed by atoms with van der Waals surface area (Å²) in [5.41, 5.74) is 0.925. The molecule has 1 aromatic rings. The number of carbonyl (C=O) groups is 1. The van der Waals surface area contributed by atoms with E-state index in [4.69, 9.17) is 4.74 Å². The summed E-state index contributed by atoms with van der Waals surface area (Å²) in [5.74, 6) is 0.403. The molecule has 3 rings (SSSR count). The van der Waals surface area contributed by atoms with E-state index in [0.29, 0.717) is 0 Å². The van der Waals surface area contributed by atoms with Gasteiger partial charge in [-0.15, -0.1) is 0 Å². The van der Waals surface area contributed by atoms with E-state index in [9.17, 15) is 4.79 Å². The highest BCUT2D eigenvalue weighted by atomic mass is 16.5.